The van der Waals surface area contributed by atoms with Gasteiger partial charge in [-0.1, -0.05) is 39.5 Å². The monoisotopic (exact) mass is 344 g/mol. The van der Waals surface area contributed by atoms with Crippen molar-refractivity contribution in [2.45, 2.75) is 39.5 Å². The van der Waals surface area contributed by atoms with E-state index < -0.39 is 0 Å². The summed E-state index contributed by atoms with van der Waals surface area (Å²) in [5.74, 6) is 0. The van der Waals surface area contributed by atoms with Crippen LogP contribution in [-0.4, -0.2) is 0 Å². The number of halogens is 3. The molecular formula is C11H17Cl3Zr. The zero-order chi connectivity index (χ0) is 8.10. The third kappa shape index (κ3) is 10.00. The van der Waals surface area contributed by atoms with Crippen molar-refractivity contribution in [3.63, 3.8) is 0 Å². The summed E-state index contributed by atoms with van der Waals surface area (Å²) >= 11 is 0. The molecule has 15 heavy (non-hydrogen) atoms. The van der Waals surface area contributed by atoms with Crippen LogP contribution in [-0.2, 0) is 39.0 Å². The Morgan fingerprint density at radius 2 is 1.67 bits per heavy atom. The van der Waals surface area contributed by atoms with E-state index in [0.717, 1.165) is 0 Å². The second-order valence-corrected chi connectivity index (χ2v) is 3.13. The SMILES string of the molecule is CCCc1cc[c-](CCC)c1.[Cl-].[Cl-].[Cl-].[Zr+4]. The van der Waals surface area contributed by atoms with Gasteiger partial charge in [-0.15, -0.1) is 0 Å². The molecule has 0 aliphatic heterocycles. The van der Waals surface area contributed by atoms with E-state index in [1.54, 1.807) is 0 Å². The van der Waals surface area contributed by atoms with Crippen LogP contribution in [0.5, 0.6) is 0 Å². The van der Waals surface area contributed by atoms with Crippen LogP contribution >= 0.6 is 0 Å². The zero-order valence-electron chi connectivity index (χ0n) is 9.19. The standard InChI is InChI=1S/C11H17.3ClH.Zr/c1-3-5-10-7-8-11(9-10)6-4-2;;;;/h7-9H,3-6H2,1-2H3;3*1H;/q-1;;;;+4/p-3. The average Bonchev–Trinajstić information content (AvgIpc) is 2.38. The Bertz CT molecular complexity index is 191. The fourth-order valence-electron chi connectivity index (χ4n) is 1.44. The van der Waals surface area contributed by atoms with E-state index in [1.165, 1.54) is 36.8 Å². The van der Waals surface area contributed by atoms with Crippen molar-refractivity contribution in [3.8, 4) is 0 Å². The molecule has 0 bridgehead atoms. The molecule has 0 nitrogen and oxygen atoms in total. The molecule has 86 valence electrons. The molecule has 0 saturated carbocycles. The predicted octanol–water partition coefficient (Wildman–Crippen LogP) is -5.68. The molecule has 1 rings (SSSR count). The maximum atomic E-state index is 2.34. The summed E-state index contributed by atoms with van der Waals surface area (Å²) in [5.41, 5.74) is 3.02. The Labute approximate surface area is 131 Å². The van der Waals surface area contributed by atoms with Gasteiger partial charge in [0.1, 0.15) is 0 Å². The van der Waals surface area contributed by atoms with Gasteiger partial charge in [0.25, 0.3) is 0 Å². The first-order valence-electron chi connectivity index (χ1n) is 4.61. The quantitative estimate of drug-likeness (QED) is 0.477. The Balaban J connectivity index is -0.000000151. The molecule has 0 radical (unpaired) electrons. The molecule has 0 aliphatic rings. The molecule has 0 amide bonds. The van der Waals surface area contributed by atoms with E-state index in [4.69, 9.17) is 0 Å². The Kier molecular flexibility index (Phi) is 25.2. The summed E-state index contributed by atoms with van der Waals surface area (Å²) in [5, 5.41) is 0. The summed E-state index contributed by atoms with van der Waals surface area (Å²) in [7, 11) is 0. The van der Waals surface area contributed by atoms with Crippen molar-refractivity contribution < 1.29 is 63.4 Å². The van der Waals surface area contributed by atoms with Crippen molar-refractivity contribution >= 4 is 0 Å². The van der Waals surface area contributed by atoms with Crippen LogP contribution in [0.1, 0.15) is 37.8 Å². The average molecular weight is 347 g/mol. The first-order valence-corrected chi connectivity index (χ1v) is 4.61. The molecule has 1 aromatic carbocycles. The van der Waals surface area contributed by atoms with E-state index in [1.807, 2.05) is 0 Å². The van der Waals surface area contributed by atoms with Gasteiger partial charge in [-0.25, -0.2) is 6.07 Å². The maximum absolute atomic E-state index is 2.34. The van der Waals surface area contributed by atoms with Gasteiger partial charge < -0.3 is 37.2 Å². The van der Waals surface area contributed by atoms with Crippen molar-refractivity contribution in [3.05, 3.63) is 29.3 Å². The van der Waals surface area contributed by atoms with Crippen LogP contribution in [0.2, 0.25) is 0 Å². The maximum Gasteiger partial charge on any atom is 4.00 e. The second kappa shape index (κ2) is 15.1. The Morgan fingerprint density at radius 3 is 2.13 bits per heavy atom. The van der Waals surface area contributed by atoms with Gasteiger partial charge in [-0.2, -0.15) is 23.3 Å². The number of aryl methyl sites for hydroxylation is 2. The third-order valence-electron chi connectivity index (χ3n) is 1.96. The minimum absolute atomic E-state index is 0. The Hall–Kier alpha value is 1.10. The topological polar surface area (TPSA) is 0 Å². The van der Waals surface area contributed by atoms with E-state index in [0.29, 0.717) is 0 Å². The molecule has 4 heteroatoms. The molecule has 0 aliphatic carbocycles. The van der Waals surface area contributed by atoms with Gasteiger partial charge in [0, 0.05) is 0 Å². The van der Waals surface area contributed by atoms with Gasteiger partial charge in [-0.05, 0) is 0 Å². The van der Waals surface area contributed by atoms with E-state index >= 15 is 0 Å². The van der Waals surface area contributed by atoms with Gasteiger partial charge in [0.2, 0.25) is 0 Å². The molecule has 0 spiro atoms. The third-order valence-corrected chi connectivity index (χ3v) is 1.96. The van der Waals surface area contributed by atoms with Crippen LogP contribution in [0, 0.1) is 0 Å². The molecule has 0 N–H and O–H groups in total. The minimum atomic E-state index is 0. The van der Waals surface area contributed by atoms with Crippen LogP contribution in [0.3, 0.4) is 0 Å². The summed E-state index contributed by atoms with van der Waals surface area (Å²) in [6.45, 7) is 4.46. The predicted molar refractivity (Wildman–Crippen MR) is 50.0 cm³/mol. The second-order valence-electron chi connectivity index (χ2n) is 3.13. The van der Waals surface area contributed by atoms with Crippen molar-refractivity contribution in [1.82, 2.24) is 0 Å². The first kappa shape index (κ1) is 25.1. The van der Waals surface area contributed by atoms with Gasteiger partial charge in [-0.3, -0.25) is 0 Å². The van der Waals surface area contributed by atoms with Crippen molar-refractivity contribution in [2.75, 3.05) is 0 Å². The van der Waals surface area contributed by atoms with Gasteiger partial charge in [0.15, 0.2) is 0 Å². The molecule has 0 saturated heterocycles. The molecule has 1 aromatic rings. The first-order chi connectivity index (χ1) is 5.36. The summed E-state index contributed by atoms with van der Waals surface area (Å²) in [6.07, 6.45) is 5.00. The minimum Gasteiger partial charge on any atom is -1.00 e. The van der Waals surface area contributed by atoms with Crippen molar-refractivity contribution in [1.29, 1.82) is 0 Å². The molecular weight excluding hydrogens is 330 g/mol. The summed E-state index contributed by atoms with van der Waals surface area (Å²) < 4.78 is 0. The molecule has 0 unspecified atom stereocenters. The number of hydrogen-bond donors (Lipinski definition) is 0. The molecule has 0 atom stereocenters. The number of rotatable bonds is 4. The van der Waals surface area contributed by atoms with E-state index in [9.17, 15) is 0 Å². The van der Waals surface area contributed by atoms with Crippen LogP contribution in [0.25, 0.3) is 0 Å². The van der Waals surface area contributed by atoms with Crippen LogP contribution in [0.15, 0.2) is 18.2 Å². The summed E-state index contributed by atoms with van der Waals surface area (Å²) in [4.78, 5) is 0. The van der Waals surface area contributed by atoms with Gasteiger partial charge in [0.05, 0.1) is 0 Å². The molecule has 0 fully saturated rings. The largest absolute Gasteiger partial charge is 4.00 e. The fraction of sp³-hybridized carbons (Fsp3) is 0.545. The van der Waals surface area contributed by atoms with Crippen LogP contribution in [0.4, 0.5) is 0 Å². The number of hydrogen-bond acceptors (Lipinski definition) is 0. The van der Waals surface area contributed by atoms with E-state index in [2.05, 4.69) is 32.0 Å². The molecule has 0 aromatic heterocycles. The summed E-state index contributed by atoms with van der Waals surface area (Å²) in [6, 6.07) is 6.86. The van der Waals surface area contributed by atoms with Crippen molar-refractivity contribution in [2.24, 2.45) is 0 Å². The van der Waals surface area contributed by atoms with Crippen LogP contribution < -0.4 is 37.2 Å². The molecule has 0 heterocycles. The normalized spacial score (nSPS) is 7.60. The van der Waals surface area contributed by atoms with Gasteiger partial charge >= 0.3 is 26.2 Å². The Morgan fingerprint density at radius 1 is 1.07 bits per heavy atom. The van der Waals surface area contributed by atoms with E-state index in [-0.39, 0.29) is 63.4 Å². The fourth-order valence-corrected chi connectivity index (χ4v) is 1.44. The smallest absolute Gasteiger partial charge is 1.00 e. The zero-order valence-corrected chi connectivity index (χ0v) is 13.9.